The van der Waals surface area contributed by atoms with Gasteiger partial charge < -0.3 is 19.9 Å². The predicted molar refractivity (Wildman–Crippen MR) is 88.7 cm³/mol. The highest BCUT2D eigenvalue weighted by molar-refractivity contribution is 5.95. The molecule has 6 heteroatoms. The van der Waals surface area contributed by atoms with Crippen LogP contribution in [0.4, 0.5) is 0 Å². The van der Waals surface area contributed by atoms with Crippen LogP contribution in [0.15, 0.2) is 48.5 Å². The molecule has 0 aliphatic carbocycles. The summed E-state index contributed by atoms with van der Waals surface area (Å²) < 4.78 is 16.4. The Labute approximate surface area is 135 Å². The lowest BCUT2D eigenvalue weighted by Crippen LogP contribution is -2.12. The Balaban J connectivity index is 0.00000242. The first-order chi connectivity index (χ1) is 10.2. The van der Waals surface area contributed by atoms with Crippen molar-refractivity contribution in [3.8, 4) is 17.2 Å². The standard InChI is InChI=1S/C16H18N2O3.ClH/c1-19-15-11-12(16(17)18)7-8-14(15)21-10-9-20-13-5-3-2-4-6-13;/h2-8,11H,9-10H2,1H3,(H3,17,18);1H. The van der Waals surface area contributed by atoms with E-state index in [2.05, 4.69) is 0 Å². The largest absolute Gasteiger partial charge is 0.493 e. The maximum atomic E-state index is 7.40. The van der Waals surface area contributed by atoms with Gasteiger partial charge in [0.2, 0.25) is 0 Å². The maximum Gasteiger partial charge on any atom is 0.161 e. The van der Waals surface area contributed by atoms with Crippen molar-refractivity contribution >= 4 is 18.2 Å². The van der Waals surface area contributed by atoms with Crippen molar-refractivity contribution in [1.29, 1.82) is 5.41 Å². The number of methoxy groups -OCH3 is 1. The van der Waals surface area contributed by atoms with Gasteiger partial charge in [-0.15, -0.1) is 12.4 Å². The van der Waals surface area contributed by atoms with Gasteiger partial charge in [-0.1, -0.05) is 18.2 Å². The lowest BCUT2D eigenvalue weighted by atomic mass is 10.2. The third-order valence-corrected chi connectivity index (χ3v) is 2.83. The number of amidine groups is 1. The second-order valence-corrected chi connectivity index (χ2v) is 4.29. The van der Waals surface area contributed by atoms with E-state index in [-0.39, 0.29) is 18.2 Å². The first-order valence-electron chi connectivity index (χ1n) is 6.54. The number of para-hydroxylation sites is 1. The van der Waals surface area contributed by atoms with E-state index in [9.17, 15) is 0 Å². The van der Waals surface area contributed by atoms with Gasteiger partial charge in [-0.05, 0) is 30.3 Å². The molecule has 118 valence electrons. The Morgan fingerprint density at radius 1 is 1.00 bits per heavy atom. The van der Waals surface area contributed by atoms with E-state index in [1.807, 2.05) is 30.3 Å². The van der Waals surface area contributed by atoms with Gasteiger partial charge in [0.25, 0.3) is 0 Å². The van der Waals surface area contributed by atoms with Gasteiger partial charge >= 0.3 is 0 Å². The van der Waals surface area contributed by atoms with Crippen molar-refractivity contribution in [3.63, 3.8) is 0 Å². The molecule has 0 aromatic heterocycles. The van der Waals surface area contributed by atoms with Crippen LogP contribution >= 0.6 is 12.4 Å². The Hall–Kier alpha value is -2.40. The minimum atomic E-state index is -0.00717. The summed E-state index contributed by atoms with van der Waals surface area (Å²) >= 11 is 0. The third kappa shape index (κ3) is 4.86. The number of nitrogens with one attached hydrogen (secondary N) is 1. The molecule has 0 unspecified atom stereocenters. The number of hydrogen-bond donors (Lipinski definition) is 2. The summed E-state index contributed by atoms with van der Waals surface area (Å²) in [5.74, 6) is 1.94. The van der Waals surface area contributed by atoms with E-state index in [1.165, 1.54) is 0 Å². The third-order valence-electron chi connectivity index (χ3n) is 2.83. The Morgan fingerprint density at radius 2 is 1.68 bits per heavy atom. The molecule has 0 saturated carbocycles. The topological polar surface area (TPSA) is 77.6 Å². The average Bonchev–Trinajstić information content (AvgIpc) is 2.52. The highest BCUT2D eigenvalue weighted by Crippen LogP contribution is 2.27. The second kappa shape index (κ2) is 8.79. The molecular weight excluding hydrogens is 304 g/mol. The molecule has 0 radical (unpaired) electrons. The minimum absolute atomic E-state index is 0. The predicted octanol–water partition coefficient (Wildman–Crippen LogP) is 2.86. The molecule has 5 nitrogen and oxygen atoms in total. The van der Waals surface area contributed by atoms with Crippen LogP contribution in [0.2, 0.25) is 0 Å². The number of benzene rings is 2. The molecule has 22 heavy (non-hydrogen) atoms. The van der Waals surface area contributed by atoms with Crippen LogP contribution in [0.25, 0.3) is 0 Å². The number of ether oxygens (including phenoxy) is 3. The molecule has 2 aromatic carbocycles. The summed E-state index contributed by atoms with van der Waals surface area (Å²) in [6.45, 7) is 0.826. The highest BCUT2D eigenvalue weighted by atomic mass is 35.5. The number of halogens is 1. The lowest BCUT2D eigenvalue weighted by molar-refractivity contribution is 0.211. The smallest absolute Gasteiger partial charge is 0.161 e. The lowest BCUT2D eigenvalue weighted by Gasteiger charge is -2.12. The number of nitrogens with two attached hydrogens (primary N) is 1. The summed E-state index contributed by atoms with van der Waals surface area (Å²) in [7, 11) is 1.55. The van der Waals surface area contributed by atoms with E-state index in [1.54, 1.807) is 25.3 Å². The van der Waals surface area contributed by atoms with Crippen LogP contribution < -0.4 is 19.9 Å². The first-order valence-corrected chi connectivity index (χ1v) is 6.54. The SMILES string of the molecule is COc1cc(C(=N)N)ccc1OCCOc1ccccc1.Cl. The minimum Gasteiger partial charge on any atom is -0.493 e. The zero-order valence-electron chi connectivity index (χ0n) is 12.2. The van der Waals surface area contributed by atoms with Crippen molar-refractivity contribution in [2.75, 3.05) is 20.3 Å². The first kappa shape index (κ1) is 17.7. The molecule has 3 N–H and O–H groups in total. The molecular formula is C16H19ClN2O3. The quantitative estimate of drug-likeness (QED) is 0.467. The Kier molecular flexibility index (Phi) is 7.05. The molecule has 0 spiro atoms. The number of hydrogen-bond acceptors (Lipinski definition) is 4. The second-order valence-electron chi connectivity index (χ2n) is 4.29. The number of rotatable bonds is 7. The van der Waals surface area contributed by atoms with Crippen LogP contribution in [0.5, 0.6) is 17.2 Å². The van der Waals surface area contributed by atoms with Crippen LogP contribution in [0, 0.1) is 5.41 Å². The molecule has 0 aliphatic heterocycles. The van der Waals surface area contributed by atoms with E-state index in [0.717, 1.165) is 5.75 Å². The van der Waals surface area contributed by atoms with E-state index < -0.39 is 0 Å². The van der Waals surface area contributed by atoms with Crippen LogP contribution in [0.3, 0.4) is 0 Å². The molecule has 0 bridgehead atoms. The molecule has 0 aliphatic rings. The summed E-state index contributed by atoms with van der Waals surface area (Å²) in [4.78, 5) is 0. The van der Waals surface area contributed by atoms with Crippen LogP contribution in [-0.4, -0.2) is 26.2 Å². The van der Waals surface area contributed by atoms with Crippen LogP contribution in [0.1, 0.15) is 5.56 Å². The zero-order valence-corrected chi connectivity index (χ0v) is 13.1. The fourth-order valence-electron chi connectivity index (χ4n) is 1.78. The molecule has 0 fully saturated rings. The highest BCUT2D eigenvalue weighted by Gasteiger charge is 2.07. The van der Waals surface area contributed by atoms with Gasteiger partial charge in [0.15, 0.2) is 11.5 Å². The van der Waals surface area contributed by atoms with Gasteiger partial charge in [-0.3, -0.25) is 5.41 Å². The molecule has 0 saturated heterocycles. The van der Waals surface area contributed by atoms with E-state index in [4.69, 9.17) is 25.4 Å². The fraction of sp³-hybridized carbons (Fsp3) is 0.188. The van der Waals surface area contributed by atoms with Gasteiger partial charge in [-0.25, -0.2) is 0 Å². The van der Waals surface area contributed by atoms with Gasteiger partial charge in [0.05, 0.1) is 7.11 Å². The molecule has 0 amide bonds. The van der Waals surface area contributed by atoms with Crippen molar-refractivity contribution in [1.82, 2.24) is 0 Å². The van der Waals surface area contributed by atoms with Gasteiger partial charge in [0.1, 0.15) is 24.8 Å². The van der Waals surface area contributed by atoms with Crippen molar-refractivity contribution < 1.29 is 14.2 Å². The van der Waals surface area contributed by atoms with Crippen molar-refractivity contribution in [2.24, 2.45) is 5.73 Å². The summed E-state index contributed by atoms with van der Waals surface area (Å²) in [6, 6.07) is 14.7. The van der Waals surface area contributed by atoms with Gasteiger partial charge in [0, 0.05) is 5.56 Å². The summed E-state index contributed by atoms with van der Waals surface area (Å²) in [5, 5.41) is 7.40. The van der Waals surface area contributed by atoms with Crippen LogP contribution in [-0.2, 0) is 0 Å². The normalized spacial score (nSPS) is 9.50. The number of nitrogen functional groups attached to an aromatic ring is 1. The fourth-order valence-corrected chi connectivity index (χ4v) is 1.78. The van der Waals surface area contributed by atoms with Crippen molar-refractivity contribution in [3.05, 3.63) is 54.1 Å². The average molecular weight is 323 g/mol. The monoisotopic (exact) mass is 322 g/mol. The maximum absolute atomic E-state index is 7.40. The molecule has 2 aromatic rings. The van der Waals surface area contributed by atoms with Crippen molar-refractivity contribution in [2.45, 2.75) is 0 Å². The zero-order chi connectivity index (χ0) is 15.1. The summed E-state index contributed by atoms with van der Waals surface area (Å²) in [5.41, 5.74) is 6.04. The Morgan fingerprint density at radius 3 is 2.32 bits per heavy atom. The van der Waals surface area contributed by atoms with E-state index in [0.29, 0.717) is 30.3 Å². The molecule has 0 heterocycles. The summed E-state index contributed by atoms with van der Waals surface area (Å²) in [6.07, 6.45) is 0. The molecule has 0 atom stereocenters. The Bertz CT molecular complexity index is 606. The van der Waals surface area contributed by atoms with Gasteiger partial charge in [-0.2, -0.15) is 0 Å². The van der Waals surface area contributed by atoms with E-state index >= 15 is 0 Å². The molecule has 2 rings (SSSR count).